The van der Waals surface area contributed by atoms with Crippen molar-refractivity contribution in [3.63, 3.8) is 0 Å². The predicted octanol–water partition coefficient (Wildman–Crippen LogP) is 7.67. The topological polar surface area (TPSA) is 52.7 Å². The summed E-state index contributed by atoms with van der Waals surface area (Å²) in [7, 11) is 0. The van der Waals surface area contributed by atoms with Crippen molar-refractivity contribution in [2.75, 3.05) is 6.61 Å². The van der Waals surface area contributed by atoms with Gasteiger partial charge in [0.25, 0.3) is 0 Å². The molecule has 6 rings (SSSR count). The molecule has 0 bridgehead atoms. The van der Waals surface area contributed by atoms with E-state index >= 15 is 0 Å². The monoisotopic (exact) mass is 532 g/mol. The maximum atomic E-state index is 14.2. The molecule has 0 fully saturated rings. The second-order valence-corrected chi connectivity index (χ2v) is 9.68. The van der Waals surface area contributed by atoms with E-state index in [-0.39, 0.29) is 23.6 Å². The SMILES string of the molecule is CCOC(=O)c1c(-c2ccc(Cl)cc2)c2n(Cc3ccccc3)c3ccccc3n2c1C(=O)c1ccccc1. The number of para-hydroxylation sites is 2. The summed E-state index contributed by atoms with van der Waals surface area (Å²) in [4.78, 5) is 28.0. The number of carbonyl (C=O) groups is 2. The molecule has 0 unspecified atom stereocenters. The largest absolute Gasteiger partial charge is 0.462 e. The highest BCUT2D eigenvalue weighted by atomic mass is 35.5. The Kier molecular flexibility index (Phi) is 6.51. The first-order chi connectivity index (χ1) is 19.1. The zero-order chi connectivity index (χ0) is 26.9. The van der Waals surface area contributed by atoms with Crippen LogP contribution in [-0.2, 0) is 11.3 Å². The number of fused-ring (bicyclic) bond motifs is 3. The number of aromatic nitrogens is 2. The highest BCUT2D eigenvalue weighted by Crippen LogP contribution is 2.40. The summed E-state index contributed by atoms with van der Waals surface area (Å²) in [6, 6.07) is 34.4. The lowest BCUT2D eigenvalue weighted by Crippen LogP contribution is -2.14. The molecule has 0 spiro atoms. The molecule has 0 atom stereocenters. The van der Waals surface area contributed by atoms with Crippen LogP contribution in [0.25, 0.3) is 27.8 Å². The van der Waals surface area contributed by atoms with Gasteiger partial charge < -0.3 is 9.30 Å². The van der Waals surface area contributed by atoms with Crippen LogP contribution in [0.3, 0.4) is 0 Å². The average Bonchev–Trinajstić information content (AvgIpc) is 3.48. The van der Waals surface area contributed by atoms with Gasteiger partial charge >= 0.3 is 5.97 Å². The smallest absolute Gasteiger partial charge is 0.341 e. The molecule has 0 amide bonds. The Morgan fingerprint density at radius 3 is 2.05 bits per heavy atom. The van der Waals surface area contributed by atoms with Crippen molar-refractivity contribution in [1.29, 1.82) is 0 Å². The van der Waals surface area contributed by atoms with Crippen molar-refractivity contribution in [1.82, 2.24) is 8.97 Å². The minimum Gasteiger partial charge on any atom is -0.462 e. The second kappa shape index (κ2) is 10.3. The lowest BCUT2D eigenvalue weighted by molar-refractivity contribution is 0.0524. The van der Waals surface area contributed by atoms with Gasteiger partial charge in [-0.05, 0) is 42.3 Å². The van der Waals surface area contributed by atoms with E-state index < -0.39 is 5.97 Å². The normalized spacial score (nSPS) is 11.2. The zero-order valence-corrected chi connectivity index (χ0v) is 22.1. The van der Waals surface area contributed by atoms with Gasteiger partial charge in [-0.25, -0.2) is 4.79 Å². The summed E-state index contributed by atoms with van der Waals surface area (Å²) in [5, 5.41) is 0.581. The summed E-state index contributed by atoms with van der Waals surface area (Å²) in [5.74, 6) is -0.794. The van der Waals surface area contributed by atoms with Crippen LogP contribution in [0.1, 0.15) is 38.9 Å². The Balaban J connectivity index is 1.79. The number of esters is 1. The first kappa shape index (κ1) is 24.7. The molecule has 0 saturated heterocycles. The van der Waals surface area contributed by atoms with E-state index in [1.54, 1.807) is 31.2 Å². The molecule has 39 heavy (non-hydrogen) atoms. The predicted molar refractivity (Wildman–Crippen MR) is 155 cm³/mol. The van der Waals surface area contributed by atoms with Crippen molar-refractivity contribution in [3.05, 3.63) is 137 Å². The summed E-state index contributed by atoms with van der Waals surface area (Å²) in [6.07, 6.45) is 0. The van der Waals surface area contributed by atoms with Crippen LogP contribution in [0.5, 0.6) is 0 Å². The molecule has 6 heteroatoms. The Bertz CT molecular complexity index is 1820. The van der Waals surface area contributed by atoms with Gasteiger partial charge in [0.05, 0.1) is 23.2 Å². The van der Waals surface area contributed by atoms with Gasteiger partial charge in [0, 0.05) is 22.7 Å². The van der Waals surface area contributed by atoms with E-state index in [4.69, 9.17) is 16.3 Å². The van der Waals surface area contributed by atoms with Crippen LogP contribution < -0.4 is 0 Å². The third kappa shape index (κ3) is 4.31. The fourth-order valence-corrected chi connectivity index (χ4v) is 5.33. The van der Waals surface area contributed by atoms with Crippen LogP contribution in [-0.4, -0.2) is 27.3 Å². The van der Waals surface area contributed by atoms with E-state index in [9.17, 15) is 9.59 Å². The number of nitrogens with zero attached hydrogens (tertiary/aromatic N) is 2. The molecular formula is C33H25ClN2O3. The third-order valence-electron chi connectivity index (χ3n) is 6.86. The first-order valence-corrected chi connectivity index (χ1v) is 13.2. The van der Waals surface area contributed by atoms with Crippen LogP contribution in [0.15, 0.2) is 109 Å². The number of ketones is 1. The number of hydrogen-bond donors (Lipinski definition) is 0. The lowest BCUT2D eigenvalue weighted by atomic mass is 9.98. The van der Waals surface area contributed by atoms with Gasteiger partial charge in [0.15, 0.2) is 0 Å². The van der Waals surface area contributed by atoms with Crippen molar-refractivity contribution in [2.45, 2.75) is 13.5 Å². The molecule has 0 saturated carbocycles. The maximum absolute atomic E-state index is 14.2. The Morgan fingerprint density at radius 2 is 1.38 bits per heavy atom. The minimum atomic E-state index is -0.541. The number of imidazole rings is 1. The summed E-state index contributed by atoms with van der Waals surface area (Å²) >= 11 is 6.25. The van der Waals surface area contributed by atoms with E-state index in [0.29, 0.717) is 22.7 Å². The Labute approximate surface area is 230 Å². The average molecular weight is 533 g/mol. The fourth-order valence-electron chi connectivity index (χ4n) is 5.20. The van der Waals surface area contributed by atoms with Gasteiger partial charge in [-0.15, -0.1) is 0 Å². The van der Waals surface area contributed by atoms with Crippen molar-refractivity contribution < 1.29 is 14.3 Å². The van der Waals surface area contributed by atoms with Crippen LogP contribution >= 0.6 is 11.6 Å². The van der Waals surface area contributed by atoms with E-state index in [1.807, 2.05) is 77.2 Å². The van der Waals surface area contributed by atoms with Crippen molar-refractivity contribution in [3.8, 4) is 11.1 Å². The molecule has 0 radical (unpaired) electrons. The van der Waals surface area contributed by atoms with Crippen LogP contribution in [0, 0.1) is 0 Å². The summed E-state index contributed by atoms with van der Waals surface area (Å²) in [5.41, 5.74) is 6.03. The number of rotatable bonds is 7. The van der Waals surface area contributed by atoms with Gasteiger partial charge in [0.1, 0.15) is 11.3 Å². The second-order valence-electron chi connectivity index (χ2n) is 9.24. The maximum Gasteiger partial charge on any atom is 0.341 e. The van der Waals surface area contributed by atoms with E-state index in [1.165, 1.54) is 0 Å². The molecule has 2 heterocycles. The molecule has 4 aromatic carbocycles. The number of benzene rings is 4. The van der Waals surface area contributed by atoms with Crippen LogP contribution in [0.4, 0.5) is 0 Å². The molecule has 6 aromatic rings. The third-order valence-corrected chi connectivity index (χ3v) is 7.11. The van der Waals surface area contributed by atoms with E-state index in [2.05, 4.69) is 16.7 Å². The highest BCUT2D eigenvalue weighted by molar-refractivity contribution is 6.30. The zero-order valence-electron chi connectivity index (χ0n) is 21.3. The molecule has 2 aromatic heterocycles. The number of halogens is 1. The molecular weight excluding hydrogens is 508 g/mol. The number of carbonyl (C=O) groups excluding carboxylic acids is 2. The first-order valence-electron chi connectivity index (χ1n) is 12.8. The minimum absolute atomic E-state index is 0.183. The quantitative estimate of drug-likeness (QED) is 0.156. The van der Waals surface area contributed by atoms with Gasteiger partial charge in [-0.3, -0.25) is 9.20 Å². The summed E-state index contributed by atoms with van der Waals surface area (Å²) in [6.45, 7) is 2.49. The number of hydrogen-bond acceptors (Lipinski definition) is 3. The van der Waals surface area contributed by atoms with Crippen LogP contribution in [0.2, 0.25) is 5.02 Å². The molecule has 0 aliphatic rings. The molecule has 192 valence electrons. The number of ether oxygens (including phenoxy) is 1. The molecule has 0 N–H and O–H groups in total. The van der Waals surface area contributed by atoms with Gasteiger partial charge in [-0.1, -0.05) is 96.5 Å². The van der Waals surface area contributed by atoms with Gasteiger partial charge in [0.2, 0.25) is 5.78 Å². The standard InChI is InChI=1S/C33H25ClN2O3/c1-2-39-33(38)29-28(23-17-19-25(34)20-18-23)32-35(21-22-11-5-3-6-12-22)26-15-9-10-16-27(26)36(32)30(29)31(37)24-13-7-4-8-14-24/h3-20H,2,21H2,1H3. The molecule has 0 aliphatic heterocycles. The fraction of sp³-hybridized carbons (Fsp3) is 0.0909. The van der Waals surface area contributed by atoms with Gasteiger partial charge in [-0.2, -0.15) is 0 Å². The summed E-state index contributed by atoms with van der Waals surface area (Å²) < 4.78 is 9.66. The van der Waals surface area contributed by atoms with E-state index in [0.717, 1.165) is 27.8 Å². The van der Waals surface area contributed by atoms with Crippen molar-refractivity contribution >= 4 is 40.0 Å². The Morgan fingerprint density at radius 1 is 0.769 bits per heavy atom. The molecule has 0 aliphatic carbocycles. The lowest BCUT2D eigenvalue weighted by Gasteiger charge is -2.11. The Hall–Kier alpha value is -4.61. The molecule has 5 nitrogen and oxygen atoms in total. The highest BCUT2D eigenvalue weighted by Gasteiger charge is 2.33. The van der Waals surface area contributed by atoms with Crippen molar-refractivity contribution in [2.24, 2.45) is 0 Å².